The number of aliphatic carboxylic acids is 1. The predicted molar refractivity (Wildman–Crippen MR) is 77.8 cm³/mol. The highest BCUT2D eigenvalue weighted by molar-refractivity contribution is 7.98. The largest absolute Gasteiger partial charge is 0.480 e. The van der Waals surface area contributed by atoms with Gasteiger partial charge >= 0.3 is 12.1 Å². The number of ether oxygens (including phenoxy) is 1. The second kappa shape index (κ2) is 10.5. The number of rotatable bonds is 9. The first-order chi connectivity index (χ1) is 9.49. The molecule has 116 valence electrons. The molecule has 0 saturated heterocycles. The van der Waals surface area contributed by atoms with E-state index < -0.39 is 24.0 Å². The summed E-state index contributed by atoms with van der Waals surface area (Å²) in [5.41, 5.74) is 0. The maximum absolute atomic E-state index is 11.9. The van der Waals surface area contributed by atoms with Gasteiger partial charge in [-0.3, -0.25) is 4.79 Å². The normalized spacial score (nSPS) is 11.8. The van der Waals surface area contributed by atoms with E-state index >= 15 is 0 Å². The van der Waals surface area contributed by atoms with Crippen molar-refractivity contribution >= 4 is 29.7 Å². The lowest BCUT2D eigenvalue weighted by atomic mass is 10.2. The van der Waals surface area contributed by atoms with Gasteiger partial charge in [0.25, 0.3) is 0 Å². The molecular formula is C13H23NO5S. The third kappa shape index (κ3) is 6.27. The standard InChI is InChI=1S/C13H23NO5S/c1-4-6-8-19-13(18)14(11(15)5-2)10(12(16)17)7-9-20-3/h10H,4-9H2,1-3H3,(H,16,17). The van der Waals surface area contributed by atoms with Crippen LogP contribution in [-0.4, -0.2) is 52.6 Å². The number of nitrogens with zero attached hydrogens (tertiary/aromatic N) is 1. The molecule has 20 heavy (non-hydrogen) atoms. The SMILES string of the molecule is CCCCOC(=O)N(C(=O)CC)C(CCSC)C(=O)O. The Labute approximate surface area is 123 Å². The van der Waals surface area contributed by atoms with Crippen molar-refractivity contribution in [3.8, 4) is 0 Å². The summed E-state index contributed by atoms with van der Waals surface area (Å²) in [7, 11) is 0. The fourth-order valence-electron chi connectivity index (χ4n) is 1.54. The molecule has 0 aliphatic carbocycles. The molecule has 1 unspecified atom stereocenters. The van der Waals surface area contributed by atoms with Crippen molar-refractivity contribution in [1.82, 2.24) is 4.90 Å². The van der Waals surface area contributed by atoms with Crippen LogP contribution in [0.5, 0.6) is 0 Å². The van der Waals surface area contributed by atoms with Gasteiger partial charge in [0.05, 0.1) is 6.61 Å². The number of carbonyl (C=O) groups excluding carboxylic acids is 2. The smallest absolute Gasteiger partial charge is 0.417 e. The Bertz CT molecular complexity index is 335. The van der Waals surface area contributed by atoms with Crippen molar-refractivity contribution in [2.75, 3.05) is 18.6 Å². The van der Waals surface area contributed by atoms with Crippen molar-refractivity contribution in [1.29, 1.82) is 0 Å². The number of unbranched alkanes of at least 4 members (excludes halogenated alkanes) is 1. The first-order valence-corrected chi connectivity index (χ1v) is 8.09. The summed E-state index contributed by atoms with van der Waals surface area (Å²) < 4.78 is 4.97. The second-order valence-corrected chi connectivity index (χ2v) is 5.21. The van der Waals surface area contributed by atoms with E-state index in [2.05, 4.69) is 0 Å². The highest BCUT2D eigenvalue weighted by Crippen LogP contribution is 2.13. The molecule has 0 radical (unpaired) electrons. The lowest BCUT2D eigenvalue weighted by molar-refractivity contribution is -0.148. The average molecular weight is 305 g/mol. The molecule has 0 heterocycles. The van der Waals surface area contributed by atoms with Crippen LogP contribution in [0.4, 0.5) is 4.79 Å². The summed E-state index contributed by atoms with van der Waals surface area (Å²) in [6.07, 6.45) is 2.78. The second-order valence-electron chi connectivity index (χ2n) is 4.22. The van der Waals surface area contributed by atoms with Gasteiger partial charge in [-0.2, -0.15) is 11.8 Å². The maximum atomic E-state index is 11.9. The van der Waals surface area contributed by atoms with Crippen molar-refractivity contribution in [3.63, 3.8) is 0 Å². The van der Waals surface area contributed by atoms with Gasteiger partial charge in [-0.1, -0.05) is 20.3 Å². The van der Waals surface area contributed by atoms with E-state index in [4.69, 9.17) is 4.74 Å². The number of hydrogen-bond acceptors (Lipinski definition) is 5. The molecule has 6 nitrogen and oxygen atoms in total. The summed E-state index contributed by atoms with van der Waals surface area (Å²) in [6.45, 7) is 3.72. The summed E-state index contributed by atoms with van der Waals surface area (Å²) >= 11 is 1.46. The van der Waals surface area contributed by atoms with Crippen LogP contribution in [0.3, 0.4) is 0 Å². The predicted octanol–water partition coefficient (Wildman–Crippen LogP) is 2.37. The van der Waals surface area contributed by atoms with Crippen LogP contribution in [0.15, 0.2) is 0 Å². The first kappa shape index (κ1) is 18.8. The number of thioether (sulfide) groups is 1. The molecule has 0 aliphatic heterocycles. The third-order valence-corrected chi connectivity index (χ3v) is 3.33. The molecule has 0 fully saturated rings. The minimum absolute atomic E-state index is 0.0614. The van der Waals surface area contributed by atoms with Crippen molar-refractivity contribution in [3.05, 3.63) is 0 Å². The van der Waals surface area contributed by atoms with Crippen LogP contribution >= 0.6 is 11.8 Å². The Hall–Kier alpha value is -1.24. The minimum Gasteiger partial charge on any atom is -0.480 e. The van der Waals surface area contributed by atoms with Gasteiger partial charge in [-0.05, 0) is 24.9 Å². The molecule has 1 N–H and O–H groups in total. The summed E-state index contributed by atoms with van der Waals surface area (Å²) in [4.78, 5) is 35.8. The van der Waals surface area contributed by atoms with Crippen molar-refractivity contribution < 1.29 is 24.2 Å². The van der Waals surface area contributed by atoms with Gasteiger partial charge in [0.15, 0.2) is 0 Å². The van der Waals surface area contributed by atoms with Gasteiger partial charge in [-0.15, -0.1) is 0 Å². The number of hydrogen-bond donors (Lipinski definition) is 1. The number of carboxylic acid groups (broad SMARTS) is 1. The van der Waals surface area contributed by atoms with Gasteiger partial charge in [0, 0.05) is 6.42 Å². The zero-order valence-electron chi connectivity index (χ0n) is 12.3. The number of carboxylic acids is 1. The topological polar surface area (TPSA) is 83.9 Å². The number of amides is 2. The Balaban J connectivity index is 4.93. The molecule has 7 heteroatoms. The lowest BCUT2D eigenvalue weighted by Crippen LogP contribution is -2.49. The summed E-state index contributed by atoms with van der Waals surface area (Å²) in [5.74, 6) is -1.17. The highest BCUT2D eigenvalue weighted by Gasteiger charge is 2.34. The monoisotopic (exact) mass is 305 g/mol. The maximum Gasteiger partial charge on any atom is 0.417 e. The Morgan fingerprint density at radius 2 is 1.95 bits per heavy atom. The molecule has 0 aromatic rings. The zero-order valence-corrected chi connectivity index (χ0v) is 13.1. The molecule has 0 aromatic heterocycles. The van der Waals surface area contributed by atoms with E-state index in [9.17, 15) is 19.5 Å². The van der Waals surface area contributed by atoms with Gasteiger partial charge in [-0.25, -0.2) is 14.5 Å². The van der Waals surface area contributed by atoms with Crippen molar-refractivity contribution in [2.24, 2.45) is 0 Å². The first-order valence-electron chi connectivity index (χ1n) is 6.70. The van der Waals surface area contributed by atoms with Gasteiger partial charge in [0.2, 0.25) is 5.91 Å². The van der Waals surface area contributed by atoms with E-state index in [1.807, 2.05) is 13.2 Å². The van der Waals surface area contributed by atoms with E-state index in [0.717, 1.165) is 11.3 Å². The fraction of sp³-hybridized carbons (Fsp3) is 0.769. The molecule has 0 saturated carbocycles. The Kier molecular flexibility index (Phi) is 9.88. The molecule has 0 rings (SSSR count). The van der Waals surface area contributed by atoms with E-state index in [1.165, 1.54) is 11.8 Å². The lowest BCUT2D eigenvalue weighted by Gasteiger charge is -2.26. The summed E-state index contributed by atoms with van der Waals surface area (Å²) in [6, 6.07) is -1.16. The molecular weight excluding hydrogens is 282 g/mol. The van der Waals surface area contributed by atoms with Crippen LogP contribution in [-0.2, 0) is 14.3 Å². The molecule has 0 aliphatic rings. The Morgan fingerprint density at radius 3 is 2.40 bits per heavy atom. The summed E-state index contributed by atoms with van der Waals surface area (Å²) in [5, 5.41) is 9.22. The quantitative estimate of drug-likeness (QED) is 0.658. The molecule has 0 aromatic carbocycles. The molecule has 0 bridgehead atoms. The number of carbonyl (C=O) groups is 3. The minimum atomic E-state index is -1.19. The van der Waals surface area contributed by atoms with Gasteiger partial charge in [0.1, 0.15) is 6.04 Å². The van der Waals surface area contributed by atoms with Crippen molar-refractivity contribution in [2.45, 2.75) is 45.6 Å². The van der Waals surface area contributed by atoms with E-state index in [-0.39, 0.29) is 19.4 Å². The molecule has 0 spiro atoms. The van der Waals surface area contributed by atoms with E-state index in [0.29, 0.717) is 12.2 Å². The zero-order chi connectivity index (χ0) is 15.5. The van der Waals surface area contributed by atoms with Crippen LogP contribution < -0.4 is 0 Å². The number of imide groups is 1. The Morgan fingerprint density at radius 1 is 1.30 bits per heavy atom. The average Bonchev–Trinajstić information content (AvgIpc) is 2.42. The third-order valence-electron chi connectivity index (χ3n) is 2.68. The molecule has 1 atom stereocenters. The highest BCUT2D eigenvalue weighted by atomic mass is 32.2. The van der Waals surface area contributed by atoms with Crippen LogP contribution in [0, 0.1) is 0 Å². The van der Waals surface area contributed by atoms with Crippen LogP contribution in [0.1, 0.15) is 39.5 Å². The van der Waals surface area contributed by atoms with Gasteiger partial charge < -0.3 is 9.84 Å². The van der Waals surface area contributed by atoms with Crippen LogP contribution in [0.25, 0.3) is 0 Å². The van der Waals surface area contributed by atoms with E-state index in [1.54, 1.807) is 6.92 Å². The van der Waals surface area contributed by atoms with Crippen LogP contribution in [0.2, 0.25) is 0 Å². The fourth-order valence-corrected chi connectivity index (χ4v) is 2.00. The molecule has 2 amide bonds.